The van der Waals surface area contributed by atoms with Gasteiger partial charge in [0.25, 0.3) is 0 Å². The number of benzene rings is 1. The van der Waals surface area contributed by atoms with Crippen LogP contribution in [0.25, 0.3) is 5.70 Å². The zero-order chi connectivity index (χ0) is 15.4. The van der Waals surface area contributed by atoms with Crippen molar-refractivity contribution < 1.29 is 46.6 Å². The summed E-state index contributed by atoms with van der Waals surface area (Å²) in [6, 6.07) is 4.64. The second-order valence-electron chi connectivity index (χ2n) is 4.34. The molecule has 1 heterocycles. The Morgan fingerprint density at radius 2 is 2.14 bits per heavy atom. The van der Waals surface area contributed by atoms with Crippen LogP contribution in [0.2, 0.25) is 0 Å². The van der Waals surface area contributed by atoms with Gasteiger partial charge in [-0.25, -0.2) is 4.39 Å². The molecule has 6 heteroatoms. The first-order chi connectivity index (χ1) is 10.1. The van der Waals surface area contributed by atoms with Gasteiger partial charge in [0.15, 0.2) is 6.79 Å². The molecule has 1 aliphatic heterocycles. The zero-order valence-corrected chi connectivity index (χ0v) is 16.1. The van der Waals surface area contributed by atoms with Gasteiger partial charge < -0.3 is 14.4 Å². The quantitative estimate of drug-likeness (QED) is 0.555. The van der Waals surface area contributed by atoms with Gasteiger partial charge in [-0.2, -0.15) is 23.8 Å². The van der Waals surface area contributed by atoms with E-state index in [0.717, 1.165) is 0 Å². The molecule has 0 aliphatic carbocycles. The van der Waals surface area contributed by atoms with Gasteiger partial charge in [0.05, 0.1) is 11.6 Å². The smallest absolute Gasteiger partial charge is 0.187 e. The molecule has 0 unspecified atom stereocenters. The van der Waals surface area contributed by atoms with E-state index in [0.29, 0.717) is 34.3 Å². The van der Waals surface area contributed by atoms with Gasteiger partial charge in [0, 0.05) is 46.4 Å². The minimum absolute atomic E-state index is 0. The van der Waals surface area contributed by atoms with E-state index in [4.69, 9.17) is 21.1 Å². The van der Waals surface area contributed by atoms with E-state index >= 15 is 0 Å². The summed E-state index contributed by atoms with van der Waals surface area (Å²) < 4.78 is 24.6. The van der Waals surface area contributed by atoms with Crippen LogP contribution < -0.4 is 4.74 Å². The molecular weight excluding hydrogens is 382 g/mol. The van der Waals surface area contributed by atoms with Crippen molar-refractivity contribution in [2.24, 2.45) is 0 Å². The first-order valence-corrected chi connectivity index (χ1v) is 6.84. The Labute approximate surface area is 160 Å². The molecule has 115 valence electrons. The second kappa shape index (κ2) is 8.83. The molecule has 0 N–H and O–H groups in total. The number of allylic oxidation sites excluding steroid dienone is 3. The molecule has 0 amide bonds. The maximum atomic E-state index is 14.3. The molecule has 0 bridgehead atoms. The van der Waals surface area contributed by atoms with Crippen molar-refractivity contribution in [3.63, 3.8) is 0 Å². The van der Waals surface area contributed by atoms with E-state index in [1.165, 1.54) is 13.2 Å². The van der Waals surface area contributed by atoms with Crippen molar-refractivity contribution in [1.82, 2.24) is 4.90 Å². The van der Waals surface area contributed by atoms with Gasteiger partial charge in [0.1, 0.15) is 0 Å². The van der Waals surface area contributed by atoms with Crippen molar-refractivity contribution in [2.75, 3.05) is 20.4 Å². The normalized spacial score (nSPS) is 14.2. The van der Waals surface area contributed by atoms with Gasteiger partial charge in [-0.1, -0.05) is 18.3 Å². The van der Waals surface area contributed by atoms with Gasteiger partial charge in [0.2, 0.25) is 0 Å². The number of hydrogen-bond acceptors (Lipinski definition) is 3. The second-order valence-corrected chi connectivity index (χ2v) is 4.75. The summed E-state index contributed by atoms with van der Waals surface area (Å²) in [7, 11) is 1.51. The number of methoxy groups -OCH3 is 1. The monoisotopic (exact) mass is 397 g/mol. The summed E-state index contributed by atoms with van der Waals surface area (Å²) in [5.74, 6) is -0.0132. The molecule has 0 saturated heterocycles. The number of likely N-dealkylation sites (N-methyl/N-ethyl adjacent to an activating group) is 1. The van der Waals surface area contributed by atoms with Crippen LogP contribution in [0.4, 0.5) is 4.39 Å². The maximum Gasteiger partial charge on any atom is 0.187 e. The number of rotatable bonds is 5. The van der Waals surface area contributed by atoms with E-state index in [1.807, 2.05) is 6.92 Å². The van der Waals surface area contributed by atoms with E-state index in [2.05, 4.69) is 12.7 Å². The van der Waals surface area contributed by atoms with Crippen molar-refractivity contribution in [3.8, 4) is 5.75 Å². The Kier molecular flexibility index (Phi) is 7.77. The van der Waals surface area contributed by atoms with E-state index in [1.54, 1.807) is 23.1 Å². The Balaban J connectivity index is 0.00000242. The van der Waals surface area contributed by atoms with Crippen LogP contribution in [-0.4, -0.2) is 25.3 Å². The van der Waals surface area contributed by atoms with Crippen molar-refractivity contribution in [1.29, 1.82) is 0 Å². The molecule has 1 radical (unpaired) electrons. The SMILES string of the molecule is C=C1C(Cl)=C[C-]=C(c2c(F)cccc2OCOC)N1CC.[Y]. The Morgan fingerprint density at radius 1 is 1.41 bits per heavy atom. The summed E-state index contributed by atoms with van der Waals surface area (Å²) in [5.41, 5.74) is 1.46. The van der Waals surface area contributed by atoms with E-state index in [-0.39, 0.29) is 39.5 Å². The fraction of sp³-hybridized carbons (Fsp3) is 0.250. The fourth-order valence-electron chi connectivity index (χ4n) is 2.09. The minimum atomic E-state index is -0.399. The average Bonchev–Trinajstić information content (AvgIpc) is 2.48. The molecule has 1 aromatic carbocycles. The molecule has 1 aromatic rings. The average molecular weight is 398 g/mol. The van der Waals surface area contributed by atoms with Crippen LogP contribution in [0, 0.1) is 11.9 Å². The van der Waals surface area contributed by atoms with Crippen LogP contribution in [0.15, 0.2) is 41.6 Å². The van der Waals surface area contributed by atoms with Crippen LogP contribution in [0.1, 0.15) is 12.5 Å². The Morgan fingerprint density at radius 3 is 2.77 bits per heavy atom. The predicted molar refractivity (Wildman–Crippen MR) is 81.0 cm³/mol. The molecule has 0 aromatic heterocycles. The molecule has 3 nitrogen and oxygen atoms in total. The molecule has 0 spiro atoms. The summed E-state index contributed by atoms with van der Waals surface area (Å²) in [4.78, 5) is 1.79. The number of ether oxygens (including phenoxy) is 2. The number of hydrogen-bond donors (Lipinski definition) is 0. The third kappa shape index (κ3) is 3.99. The van der Waals surface area contributed by atoms with Crippen molar-refractivity contribution in [3.05, 3.63) is 59.0 Å². The van der Waals surface area contributed by atoms with Gasteiger partial charge in [-0.3, -0.25) is 0 Å². The first-order valence-electron chi connectivity index (χ1n) is 6.46. The Hall–Kier alpha value is -0.676. The summed E-state index contributed by atoms with van der Waals surface area (Å²) in [6.07, 6.45) is 4.58. The molecule has 0 fully saturated rings. The van der Waals surface area contributed by atoms with Crippen LogP contribution in [-0.2, 0) is 37.4 Å². The van der Waals surface area contributed by atoms with Crippen LogP contribution >= 0.6 is 11.6 Å². The maximum absolute atomic E-state index is 14.3. The molecular formula is C16H16ClFNO2Y-. The summed E-state index contributed by atoms with van der Waals surface area (Å²) in [5, 5.41) is 0.483. The molecule has 0 saturated carbocycles. The standard InChI is InChI=1S/C16H16ClFNO2.Y/c1-4-19-11(2)12(17)8-9-14(19)16-13(18)6-5-7-15(16)21-10-20-3;/h5-8H,2,4,10H2,1,3H3;/q-1;. The zero-order valence-electron chi connectivity index (χ0n) is 12.5. The molecule has 22 heavy (non-hydrogen) atoms. The third-order valence-electron chi connectivity index (χ3n) is 3.07. The Bertz CT molecular complexity index is 616. The number of halogens is 2. The topological polar surface area (TPSA) is 21.7 Å². The summed E-state index contributed by atoms with van der Waals surface area (Å²) in [6.45, 7) is 6.47. The number of nitrogens with zero attached hydrogens (tertiary/aromatic N) is 1. The van der Waals surface area contributed by atoms with Crippen LogP contribution in [0.3, 0.4) is 0 Å². The molecule has 0 atom stereocenters. The largest absolute Gasteiger partial charge is 0.480 e. The summed E-state index contributed by atoms with van der Waals surface area (Å²) >= 11 is 6.06. The fourth-order valence-corrected chi connectivity index (χ4v) is 2.25. The molecule has 1 aliphatic rings. The minimum Gasteiger partial charge on any atom is -0.480 e. The van der Waals surface area contributed by atoms with Gasteiger partial charge in [-0.05, 0) is 35.3 Å². The van der Waals surface area contributed by atoms with E-state index in [9.17, 15) is 4.39 Å². The van der Waals surface area contributed by atoms with E-state index < -0.39 is 5.82 Å². The first kappa shape index (κ1) is 19.4. The third-order valence-corrected chi connectivity index (χ3v) is 3.39. The van der Waals surface area contributed by atoms with Crippen LogP contribution in [0.5, 0.6) is 5.75 Å². The molecule has 2 rings (SSSR count). The van der Waals surface area contributed by atoms with Gasteiger partial charge >= 0.3 is 0 Å². The predicted octanol–water partition coefficient (Wildman–Crippen LogP) is 3.92. The van der Waals surface area contributed by atoms with Crippen molar-refractivity contribution >= 4 is 17.3 Å². The van der Waals surface area contributed by atoms with Crippen molar-refractivity contribution in [2.45, 2.75) is 6.92 Å². The van der Waals surface area contributed by atoms with Gasteiger partial charge in [-0.15, -0.1) is 0 Å².